The van der Waals surface area contributed by atoms with E-state index in [1.807, 2.05) is 12.1 Å². The minimum Gasteiger partial charge on any atom is -0.477 e. The zero-order valence-electron chi connectivity index (χ0n) is 10.8. The van der Waals surface area contributed by atoms with Crippen molar-refractivity contribution >= 4 is 27.6 Å². The molecule has 0 aliphatic carbocycles. The standard InChI is InChI=1S/C14H14BrN3O2/c15-9-4-3-5-12(18-6-1-2-7-18)13(9)10-8-11(14(19)20)17-16-10/h3-5,8H,1-2,6-7H2,(H,16,17)(H,19,20). The summed E-state index contributed by atoms with van der Waals surface area (Å²) in [6.07, 6.45) is 2.37. The Labute approximate surface area is 124 Å². The lowest BCUT2D eigenvalue weighted by Gasteiger charge is -2.21. The Hall–Kier alpha value is -1.82. The van der Waals surface area contributed by atoms with Crippen LogP contribution < -0.4 is 4.90 Å². The molecule has 1 aromatic carbocycles. The third-order valence-electron chi connectivity index (χ3n) is 3.50. The van der Waals surface area contributed by atoms with Crippen LogP contribution in [-0.2, 0) is 0 Å². The van der Waals surface area contributed by atoms with Crippen molar-refractivity contribution in [3.8, 4) is 11.3 Å². The molecule has 0 atom stereocenters. The van der Waals surface area contributed by atoms with Crippen LogP contribution in [0, 0.1) is 0 Å². The number of aromatic carboxylic acids is 1. The highest BCUT2D eigenvalue weighted by Crippen LogP contribution is 2.37. The summed E-state index contributed by atoms with van der Waals surface area (Å²) in [5, 5.41) is 15.7. The number of rotatable bonds is 3. The van der Waals surface area contributed by atoms with Gasteiger partial charge in [-0.3, -0.25) is 5.10 Å². The molecule has 1 aliphatic heterocycles. The Bertz CT molecular complexity index is 648. The molecule has 0 radical (unpaired) electrons. The molecule has 0 saturated carbocycles. The van der Waals surface area contributed by atoms with Crippen LogP contribution >= 0.6 is 15.9 Å². The van der Waals surface area contributed by atoms with E-state index >= 15 is 0 Å². The molecule has 104 valence electrons. The zero-order chi connectivity index (χ0) is 14.1. The first-order chi connectivity index (χ1) is 9.66. The van der Waals surface area contributed by atoms with Gasteiger partial charge in [-0.2, -0.15) is 5.10 Å². The highest BCUT2D eigenvalue weighted by Gasteiger charge is 2.20. The van der Waals surface area contributed by atoms with Gasteiger partial charge >= 0.3 is 5.97 Å². The number of aromatic nitrogens is 2. The molecule has 1 aromatic heterocycles. The van der Waals surface area contributed by atoms with Crippen molar-refractivity contribution in [2.45, 2.75) is 12.8 Å². The highest BCUT2D eigenvalue weighted by molar-refractivity contribution is 9.10. The Kier molecular flexibility index (Phi) is 3.48. The number of nitrogens with one attached hydrogen (secondary N) is 1. The van der Waals surface area contributed by atoms with E-state index in [2.05, 4.69) is 37.1 Å². The molecular weight excluding hydrogens is 322 g/mol. The molecule has 0 amide bonds. The van der Waals surface area contributed by atoms with E-state index in [0.29, 0.717) is 5.69 Å². The van der Waals surface area contributed by atoms with Gasteiger partial charge in [0, 0.05) is 28.8 Å². The number of aromatic amines is 1. The minimum absolute atomic E-state index is 0.100. The van der Waals surface area contributed by atoms with Crippen molar-refractivity contribution in [2.24, 2.45) is 0 Å². The second-order valence-corrected chi connectivity index (χ2v) is 5.65. The predicted octanol–water partition coefficient (Wildman–Crippen LogP) is 3.14. The number of carboxylic acids is 1. The van der Waals surface area contributed by atoms with Gasteiger partial charge in [0.1, 0.15) is 5.69 Å². The summed E-state index contributed by atoms with van der Waals surface area (Å²) in [5.41, 5.74) is 2.79. The van der Waals surface area contributed by atoms with Gasteiger partial charge in [-0.1, -0.05) is 22.0 Å². The first-order valence-corrected chi connectivity index (χ1v) is 7.28. The molecule has 0 spiro atoms. The SMILES string of the molecule is O=C(O)c1cc(-c2c(Br)cccc2N2CCCC2)n[nH]1. The fourth-order valence-electron chi connectivity index (χ4n) is 2.55. The van der Waals surface area contributed by atoms with E-state index in [0.717, 1.165) is 28.8 Å². The summed E-state index contributed by atoms with van der Waals surface area (Å²) in [6.45, 7) is 2.05. The average molecular weight is 336 g/mol. The fourth-order valence-corrected chi connectivity index (χ4v) is 3.11. The molecule has 3 rings (SSSR count). The average Bonchev–Trinajstić information content (AvgIpc) is 3.10. The number of benzene rings is 1. The quantitative estimate of drug-likeness (QED) is 0.904. The van der Waals surface area contributed by atoms with E-state index in [9.17, 15) is 4.79 Å². The van der Waals surface area contributed by atoms with Crippen LogP contribution in [0.5, 0.6) is 0 Å². The summed E-state index contributed by atoms with van der Waals surface area (Å²) >= 11 is 3.55. The van der Waals surface area contributed by atoms with Crippen LogP contribution in [0.3, 0.4) is 0 Å². The lowest BCUT2D eigenvalue weighted by Crippen LogP contribution is -2.18. The summed E-state index contributed by atoms with van der Waals surface area (Å²) in [4.78, 5) is 13.3. The topological polar surface area (TPSA) is 69.2 Å². The van der Waals surface area contributed by atoms with Gasteiger partial charge in [0.2, 0.25) is 0 Å². The lowest BCUT2D eigenvalue weighted by atomic mass is 10.1. The summed E-state index contributed by atoms with van der Waals surface area (Å²) in [7, 11) is 0. The number of halogens is 1. The van der Waals surface area contributed by atoms with Crippen molar-refractivity contribution in [3.05, 3.63) is 34.4 Å². The van der Waals surface area contributed by atoms with Gasteiger partial charge in [0.25, 0.3) is 0 Å². The number of anilines is 1. The minimum atomic E-state index is -1.00. The number of carbonyl (C=O) groups is 1. The second-order valence-electron chi connectivity index (χ2n) is 4.80. The van der Waals surface area contributed by atoms with Crippen LogP contribution in [0.25, 0.3) is 11.3 Å². The summed E-state index contributed by atoms with van der Waals surface area (Å²) in [5.74, 6) is -1.00. The maximum atomic E-state index is 11.0. The molecule has 0 bridgehead atoms. The third kappa shape index (κ3) is 2.31. The van der Waals surface area contributed by atoms with Crippen molar-refractivity contribution in [2.75, 3.05) is 18.0 Å². The molecule has 6 heteroatoms. The van der Waals surface area contributed by atoms with Crippen LogP contribution in [0.2, 0.25) is 0 Å². The van der Waals surface area contributed by atoms with E-state index in [1.165, 1.54) is 12.8 Å². The maximum absolute atomic E-state index is 11.0. The number of hydrogen-bond acceptors (Lipinski definition) is 3. The smallest absolute Gasteiger partial charge is 0.353 e. The van der Waals surface area contributed by atoms with Crippen molar-refractivity contribution in [1.82, 2.24) is 10.2 Å². The predicted molar refractivity (Wildman–Crippen MR) is 80.1 cm³/mol. The van der Waals surface area contributed by atoms with Crippen molar-refractivity contribution < 1.29 is 9.90 Å². The van der Waals surface area contributed by atoms with Gasteiger partial charge < -0.3 is 10.0 Å². The molecule has 1 fully saturated rings. The van der Waals surface area contributed by atoms with Gasteiger partial charge in [-0.25, -0.2) is 4.79 Å². The van der Waals surface area contributed by atoms with Gasteiger partial charge in [0.15, 0.2) is 0 Å². The Balaban J connectivity index is 2.08. The van der Waals surface area contributed by atoms with E-state index in [-0.39, 0.29) is 5.69 Å². The summed E-state index contributed by atoms with van der Waals surface area (Å²) < 4.78 is 0.922. The number of carboxylic acid groups (broad SMARTS) is 1. The van der Waals surface area contributed by atoms with E-state index < -0.39 is 5.97 Å². The maximum Gasteiger partial charge on any atom is 0.353 e. The lowest BCUT2D eigenvalue weighted by molar-refractivity contribution is 0.0690. The molecule has 5 nitrogen and oxygen atoms in total. The van der Waals surface area contributed by atoms with E-state index in [4.69, 9.17) is 5.11 Å². The molecule has 2 aromatic rings. The number of hydrogen-bond donors (Lipinski definition) is 2. The van der Waals surface area contributed by atoms with Gasteiger partial charge in [0.05, 0.1) is 5.69 Å². The van der Waals surface area contributed by atoms with Crippen molar-refractivity contribution in [1.29, 1.82) is 0 Å². The second kappa shape index (κ2) is 5.28. The zero-order valence-corrected chi connectivity index (χ0v) is 12.4. The Morgan fingerprint density at radius 2 is 2.10 bits per heavy atom. The molecule has 2 N–H and O–H groups in total. The van der Waals surface area contributed by atoms with E-state index in [1.54, 1.807) is 6.07 Å². The van der Waals surface area contributed by atoms with Crippen LogP contribution in [-0.4, -0.2) is 34.4 Å². The summed E-state index contributed by atoms with van der Waals surface area (Å²) in [6, 6.07) is 7.57. The number of nitrogens with zero attached hydrogens (tertiary/aromatic N) is 2. The Morgan fingerprint density at radius 3 is 2.75 bits per heavy atom. The highest BCUT2D eigenvalue weighted by atomic mass is 79.9. The largest absolute Gasteiger partial charge is 0.477 e. The van der Waals surface area contributed by atoms with Crippen LogP contribution in [0.15, 0.2) is 28.7 Å². The van der Waals surface area contributed by atoms with Crippen molar-refractivity contribution in [3.63, 3.8) is 0 Å². The first-order valence-electron chi connectivity index (χ1n) is 6.49. The van der Waals surface area contributed by atoms with Crippen LogP contribution in [0.1, 0.15) is 23.3 Å². The first kappa shape index (κ1) is 13.2. The normalized spacial score (nSPS) is 14.8. The molecule has 20 heavy (non-hydrogen) atoms. The third-order valence-corrected chi connectivity index (χ3v) is 4.16. The van der Waals surface area contributed by atoms with Gasteiger partial charge in [-0.15, -0.1) is 0 Å². The molecule has 1 aliphatic rings. The molecule has 1 saturated heterocycles. The molecule has 2 heterocycles. The molecule has 0 unspecified atom stereocenters. The molecular formula is C14H14BrN3O2. The number of H-pyrrole nitrogens is 1. The Morgan fingerprint density at radius 1 is 1.35 bits per heavy atom. The van der Waals surface area contributed by atoms with Crippen LogP contribution in [0.4, 0.5) is 5.69 Å². The van der Waals surface area contributed by atoms with Gasteiger partial charge in [-0.05, 0) is 31.0 Å². The monoisotopic (exact) mass is 335 g/mol. The fraction of sp³-hybridized carbons (Fsp3) is 0.286.